The maximum atomic E-state index is 13.0. The van der Waals surface area contributed by atoms with Crippen LogP contribution >= 0.6 is 0 Å². The van der Waals surface area contributed by atoms with Gasteiger partial charge in [0.15, 0.2) is 5.82 Å². The van der Waals surface area contributed by atoms with Gasteiger partial charge in [0.1, 0.15) is 0 Å². The minimum absolute atomic E-state index is 0.364. The molecule has 4 bridgehead atoms. The van der Waals surface area contributed by atoms with Gasteiger partial charge < -0.3 is 4.90 Å². The van der Waals surface area contributed by atoms with Crippen molar-refractivity contribution in [3.63, 3.8) is 0 Å². The Kier molecular flexibility index (Phi) is 5.59. The fourth-order valence-corrected chi connectivity index (χ4v) is 6.54. The molecule has 29 heavy (non-hydrogen) atoms. The molecule has 0 spiro atoms. The molecule has 3 aliphatic heterocycles. The molecule has 160 valence electrons. The lowest BCUT2D eigenvalue weighted by molar-refractivity contribution is -0.134. The van der Waals surface area contributed by atoms with Crippen molar-refractivity contribution in [2.75, 3.05) is 19.6 Å². The summed E-state index contributed by atoms with van der Waals surface area (Å²) in [4.78, 5) is 17.8. The van der Waals surface area contributed by atoms with Crippen LogP contribution in [0.5, 0.6) is 0 Å². The quantitative estimate of drug-likeness (QED) is 0.734. The third-order valence-electron chi connectivity index (χ3n) is 8.03. The maximum absolute atomic E-state index is 13.0. The summed E-state index contributed by atoms with van der Waals surface area (Å²) in [5.41, 5.74) is 0. The number of tetrazole rings is 1. The molecular formula is C22H36N6O. The number of likely N-dealkylation sites (tertiary alicyclic amines) is 1. The molecule has 7 heteroatoms. The second-order valence-corrected chi connectivity index (χ2v) is 10.4. The predicted octanol–water partition coefficient (Wildman–Crippen LogP) is 2.72. The van der Waals surface area contributed by atoms with Crippen LogP contribution in [0, 0.1) is 23.7 Å². The molecule has 1 aromatic rings. The van der Waals surface area contributed by atoms with E-state index >= 15 is 0 Å². The standard InChI is InChI=1S/C22H36N6O/c1-16-4-7-26(8-5-16)15-21-23-24-25-28(21)6-2-3-22(29)27-14-19-10-17-9-18(11-19)13-20(27)12-17/h16-20H,2-15H2,1H3/t17-,18+,19?,20?. The first-order valence-corrected chi connectivity index (χ1v) is 11.9. The van der Waals surface area contributed by atoms with E-state index in [1.54, 1.807) is 0 Å². The Morgan fingerprint density at radius 3 is 2.52 bits per heavy atom. The molecule has 4 heterocycles. The van der Waals surface area contributed by atoms with Crippen molar-refractivity contribution in [2.24, 2.45) is 23.7 Å². The minimum Gasteiger partial charge on any atom is -0.339 e. The largest absolute Gasteiger partial charge is 0.339 e. The van der Waals surface area contributed by atoms with E-state index in [2.05, 4.69) is 32.2 Å². The fraction of sp³-hybridized carbons (Fsp3) is 0.909. The van der Waals surface area contributed by atoms with E-state index in [-0.39, 0.29) is 0 Å². The lowest BCUT2D eigenvalue weighted by atomic mass is 9.68. The maximum Gasteiger partial charge on any atom is 0.222 e. The van der Waals surface area contributed by atoms with Gasteiger partial charge in [-0.1, -0.05) is 6.92 Å². The molecule has 1 amide bonds. The molecule has 0 radical (unpaired) electrons. The third kappa shape index (κ3) is 4.35. The first kappa shape index (κ1) is 19.5. The lowest BCUT2D eigenvalue weighted by Crippen LogP contribution is -2.42. The second-order valence-electron chi connectivity index (χ2n) is 10.4. The number of aromatic nitrogens is 4. The van der Waals surface area contributed by atoms with Gasteiger partial charge in [-0.2, -0.15) is 0 Å². The van der Waals surface area contributed by atoms with Crippen LogP contribution in [-0.4, -0.2) is 61.6 Å². The summed E-state index contributed by atoms with van der Waals surface area (Å²) < 4.78 is 1.92. The number of hydrogen-bond donors (Lipinski definition) is 0. The lowest BCUT2D eigenvalue weighted by Gasteiger charge is -2.39. The van der Waals surface area contributed by atoms with Crippen LogP contribution in [0.1, 0.15) is 70.5 Å². The van der Waals surface area contributed by atoms with Crippen molar-refractivity contribution in [3.8, 4) is 0 Å². The highest BCUT2D eigenvalue weighted by Crippen LogP contribution is 2.47. The van der Waals surface area contributed by atoms with E-state index in [0.29, 0.717) is 18.4 Å². The summed E-state index contributed by atoms with van der Waals surface area (Å²) in [6, 6.07) is 0.517. The fourth-order valence-electron chi connectivity index (χ4n) is 6.54. The number of rotatable bonds is 6. The molecule has 3 saturated heterocycles. The molecular weight excluding hydrogens is 364 g/mol. The summed E-state index contributed by atoms with van der Waals surface area (Å²) in [6.07, 6.45) is 10.6. The highest BCUT2D eigenvalue weighted by Gasteiger charge is 2.43. The predicted molar refractivity (Wildman–Crippen MR) is 110 cm³/mol. The zero-order valence-corrected chi connectivity index (χ0v) is 17.9. The van der Waals surface area contributed by atoms with Gasteiger partial charge >= 0.3 is 0 Å². The first-order chi connectivity index (χ1) is 14.1. The minimum atomic E-state index is 0.364. The third-order valence-corrected chi connectivity index (χ3v) is 8.03. The number of amides is 1. The van der Waals surface area contributed by atoms with Gasteiger partial charge in [-0.3, -0.25) is 9.69 Å². The van der Waals surface area contributed by atoms with E-state index in [9.17, 15) is 4.79 Å². The monoisotopic (exact) mass is 400 g/mol. The topological polar surface area (TPSA) is 67.2 Å². The second kappa shape index (κ2) is 8.32. The van der Waals surface area contributed by atoms with Crippen molar-refractivity contribution in [1.29, 1.82) is 0 Å². The van der Waals surface area contributed by atoms with Gasteiger partial charge in [-0.25, -0.2) is 4.68 Å². The Morgan fingerprint density at radius 1 is 1.03 bits per heavy atom. The first-order valence-electron chi connectivity index (χ1n) is 11.9. The molecule has 4 atom stereocenters. The Labute approximate surface area is 174 Å². The zero-order valence-electron chi connectivity index (χ0n) is 17.9. The summed E-state index contributed by atoms with van der Waals surface area (Å²) in [5.74, 6) is 4.67. The SMILES string of the molecule is CC1CCN(Cc2nnnn2CCCC(=O)N2CC3C[C@@H]4CC2C[C@H](C3)C4)CC1. The zero-order chi connectivity index (χ0) is 19.8. The molecule has 6 rings (SSSR count). The Morgan fingerprint density at radius 2 is 1.76 bits per heavy atom. The van der Waals surface area contributed by atoms with Crippen LogP contribution in [0.2, 0.25) is 0 Å². The number of carbonyl (C=O) groups is 1. The van der Waals surface area contributed by atoms with E-state index in [4.69, 9.17) is 0 Å². The van der Waals surface area contributed by atoms with Crippen LogP contribution in [0.25, 0.3) is 0 Å². The van der Waals surface area contributed by atoms with Crippen LogP contribution in [0.4, 0.5) is 0 Å². The Bertz CT molecular complexity index is 698. The molecule has 0 N–H and O–H groups in total. The highest BCUT2D eigenvalue weighted by atomic mass is 16.2. The van der Waals surface area contributed by atoms with Crippen LogP contribution in [-0.2, 0) is 17.9 Å². The number of piperidine rings is 1. The molecule has 5 aliphatic rings. The van der Waals surface area contributed by atoms with E-state index < -0.39 is 0 Å². The Balaban J connectivity index is 1.12. The molecule has 7 nitrogen and oxygen atoms in total. The number of fused-ring (bicyclic) bond motifs is 1. The smallest absolute Gasteiger partial charge is 0.222 e. The van der Waals surface area contributed by atoms with Crippen LogP contribution < -0.4 is 0 Å². The van der Waals surface area contributed by atoms with Gasteiger partial charge in [-0.05, 0) is 98.6 Å². The molecule has 5 fully saturated rings. The van der Waals surface area contributed by atoms with Crippen molar-refractivity contribution in [3.05, 3.63) is 5.82 Å². The van der Waals surface area contributed by atoms with E-state index in [1.165, 1.54) is 44.9 Å². The number of aryl methyl sites for hydroxylation is 1. The van der Waals surface area contributed by atoms with Crippen molar-refractivity contribution >= 4 is 5.91 Å². The summed E-state index contributed by atoms with van der Waals surface area (Å²) in [6.45, 7) is 7.18. The molecule has 2 aliphatic carbocycles. The average Bonchev–Trinajstić information content (AvgIpc) is 3.04. The van der Waals surface area contributed by atoms with Crippen molar-refractivity contribution in [1.82, 2.24) is 30.0 Å². The molecule has 2 unspecified atom stereocenters. The van der Waals surface area contributed by atoms with Crippen molar-refractivity contribution < 1.29 is 4.79 Å². The van der Waals surface area contributed by atoms with Gasteiger partial charge in [0.05, 0.1) is 6.54 Å². The van der Waals surface area contributed by atoms with Gasteiger partial charge in [-0.15, -0.1) is 5.10 Å². The van der Waals surface area contributed by atoms with E-state index in [0.717, 1.165) is 68.6 Å². The molecule has 2 saturated carbocycles. The van der Waals surface area contributed by atoms with Crippen LogP contribution in [0.15, 0.2) is 0 Å². The highest BCUT2D eigenvalue weighted by molar-refractivity contribution is 5.76. The number of nitrogens with zero attached hydrogens (tertiary/aromatic N) is 6. The summed E-state index contributed by atoms with van der Waals surface area (Å²) in [7, 11) is 0. The normalized spacial score (nSPS) is 32.7. The summed E-state index contributed by atoms with van der Waals surface area (Å²) in [5, 5.41) is 12.3. The summed E-state index contributed by atoms with van der Waals surface area (Å²) >= 11 is 0. The number of hydrogen-bond acceptors (Lipinski definition) is 5. The average molecular weight is 401 g/mol. The van der Waals surface area contributed by atoms with E-state index in [1.807, 2.05) is 4.68 Å². The van der Waals surface area contributed by atoms with Gasteiger partial charge in [0, 0.05) is 25.6 Å². The van der Waals surface area contributed by atoms with Gasteiger partial charge in [0.25, 0.3) is 0 Å². The number of carbonyl (C=O) groups excluding carboxylic acids is 1. The molecule has 1 aromatic heterocycles. The van der Waals surface area contributed by atoms with Crippen LogP contribution in [0.3, 0.4) is 0 Å². The van der Waals surface area contributed by atoms with Crippen molar-refractivity contribution in [2.45, 2.75) is 83.8 Å². The van der Waals surface area contributed by atoms with Gasteiger partial charge in [0.2, 0.25) is 5.91 Å². The molecule has 0 aromatic carbocycles. The Hall–Kier alpha value is -1.50.